The molecule has 0 unspecified atom stereocenters. The molecule has 1 saturated carbocycles. The highest BCUT2D eigenvalue weighted by Crippen LogP contribution is 2.50. The van der Waals surface area contributed by atoms with Gasteiger partial charge in [-0.1, -0.05) is 18.2 Å². The van der Waals surface area contributed by atoms with Crippen molar-refractivity contribution in [1.82, 2.24) is 0 Å². The standard InChI is InChI=1S/C9H9ClO2S/c10-9(6-7-9)13(11,12)8-4-2-1-3-5-8/h1-5H,6-7H2. The highest BCUT2D eigenvalue weighted by atomic mass is 35.5. The van der Waals surface area contributed by atoms with Crippen LogP contribution in [0.3, 0.4) is 0 Å². The van der Waals surface area contributed by atoms with Gasteiger partial charge in [-0.25, -0.2) is 8.42 Å². The molecule has 0 saturated heterocycles. The van der Waals surface area contributed by atoms with Crippen LogP contribution in [-0.4, -0.2) is 12.6 Å². The van der Waals surface area contributed by atoms with Gasteiger partial charge in [0.05, 0.1) is 4.90 Å². The van der Waals surface area contributed by atoms with Gasteiger partial charge in [-0.2, -0.15) is 0 Å². The Kier molecular flexibility index (Phi) is 1.89. The van der Waals surface area contributed by atoms with Gasteiger partial charge < -0.3 is 0 Å². The quantitative estimate of drug-likeness (QED) is 0.711. The van der Waals surface area contributed by atoms with Crippen LogP contribution in [0.1, 0.15) is 12.8 Å². The van der Waals surface area contributed by atoms with Gasteiger partial charge in [-0.05, 0) is 25.0 Å². The molecule has 1 aliphatic carbocycles. The van der Waals surface area contributed by atoms with E-state index in [0.29, 0.717) is 17.7 Å². The first-order valence-electron chi connectivity index (χ1n) is 4.05. The smallest absolute Gasteiger partial charge is 0.197 e. The third-order valence-electron chi connectivity index (χ3n) is 2.18. The molecule has 0 amide bonds. The summed E-state index contributed by atoms with van der Waals surface area (Å²) in [6.45, 7) is 0. The first-order valence-corrected chi connectivity index (χ1v) is 5.91. The summed E-state index contributed by atoms with van der Waals surface area (Å²) in [6.07, 6.45) is 1.12. The fourth-order valence-electron chi connectivity index (χ4n) is 1.18. The zero-order valence-electron chi connectivity index (χ0n) is 6.90. The van der Waals surface area contributed by atoms with Gasteiger partial charge in [0.1, 0.15) is 0 Å². The van der Waals surface area contributed by atoms with Gasteiger partial charge >= 0.3 is 0 Å². The van der Waals surface area contributed by atoms with Crippen molar-refractivity contribution in [2.24, 2.45) is 0 Å². The van der Waals surface area contributed by atoms with E-state index in [2.05, 4.69) is 0 Å². The van der Waals surface area contributed by atoms with Crippen LogP contribution < -0.4 is 0 Å². The average molecular weight is 217 g/mol. The summed E-state index contributed by atoms with van der Waals surface area (Å²) in [5.41, 5.74) is 0. The molecule has 0 radical (unpaired) electrons. The van der Waals surface area contributed by atoms with Crippen LogP contribution in [0.2, 0.25) is 0 Å². The molecule has 1 fully saturated rings. The highest BCUT2D eigenvalue weighted by molar-refractivity contribution is 7.94. The molecule has 0 aromatic heterocycles. The second kappa shape index (κ2) is 2.72. The number of halogens is 1. The van der Waals surface area contributed by atoms with Crippen LogP contribution in [0, 0.1) is 0 Å². The molecule has 1 aromatic rings. The third-order valence-corrected chi connectivity index (χ3v) is 5.43. The SMILES string of the molecule is O=S(=O)(c1ccccc1)C1(Cl)CC1. The fraction of sp³-hybridized carbons (Fsp3) is 0.333. The number of benzene rings is 1. The maximum absolute atomic E-state index is 11.8. The Morgan fingerprint density at radius 3 is 2.15 bits per heavy atom. The lowest BCUT2D eigenvalue weighted by Gasteiger charge is -2.07. The van der Waals surface area contributed by atoms with Crippen molar-refractivity contribution in [3.05, 3.63) is 30.3 Å². The number of hydrogen-bond acceptors (Lipinski definition) is 2. The summed E-state index contributed by atoms with van der Waals surface area (Å²) < 4.78 is 22.6. The summed E-state index contributed by atoms with van der Waals surface area (Å²) >= 11 is 5.88. The first kappa shape index (κ1) is 9.03. The lowest BCUT2D eigenvalue weighted by Crippen LogP contribution is -2.16. The van der Waals surface area contributed by atoms with Gasteiger partial charge in [-0.15, -0.1) is 11.6 Å². The zero-order chi connectivity index (χ0) is 9.53. The Morgan fingerprint density at radius 2 is 1.69 bits per heavy atom. The Labute approximate surface area is 82.4 Å². The Hall–Kier alpha value is -0.540. The van der Waals surface area contributed by atoms with E-state index in [1.54, 1.807) is 30.3 Å². The summed E-state index contributed by atoms with van der Waals surface area (Å²) in [5.74, 6) is 0. The molecule has 0 spiro atoms. The molecule has 0 heterocycles. The molecule has 0 atom stereocenters. The Balaban J connectivity index is 2.48. The maximum Gasteiger partial charge on any atom is 0.197 e. The molecule has 0 aliphatic heterocycles. The summed E-state index contributed by atoms with van der Waals surface area (Å²) in [6, 6.07) is 8.35. The first-order chi connectivity index (χ1) is 6.06. The lowest BCUT2D eigenvalue weighted by atomic mass is 10.4. The van der Waals surface area contributed by atoms with E-state index in [-0.39, 0.29) is 0 Å². The van der Waals surface area contributed by atoms with Crippen molar-refractivity contribution in [2.75, 3.05) is 0 Å². The predicted molar refractivity (Wildman–Crippen MR) is 51.4 cm³/mol. The van der Waals surface area contributed by atoms with Gasteiger partial charge in [0.2, 0.25) is 0 Å². The van der Waals surface area contributed by atoms with Crippen molar-refractivity contribution in [1.29, 1.82) is 0 Å². The summed E-state index contributed by atoms with van der Waals surface area (Å²) in [7, 11) is -3.30. The molecule has 2 nitrogen and oxygen atoms in total. The van der Waals surface area contributed by atoms with E-state index < -0.39 is 14.0 Å². The normalized spacial score (nSPS) is 19.8. The highest BCUT2D eigenvalue weighted by Gasteiger charge is 2.53. The predicted octanol–water partition coefficient (Wildman–Crippen LogP) is 2.19. The van der Waals surface area contributed by atoms with E-state index in [0.717, 1.165) is 0 Å². The number of rotatable bonds is 2. The van der Waals surface area contributed by atoms with Gasteiger partial charge in [0.15, 0.2) is 14.0 Å². The van der Waals surface area contributed by atoms with E-state index in [9.17, 15) is 8.42 Å². The monoisotopic (exact) mass is 216 g/mol. The van der Waals surface area contributed by atoms with Crippen LogP contribution in [0.15, 0.2) is 35.2 Å². The Bertz CT molecular complexity index is 407. The minimum Gasteiger partial charge on any atom is -0.222 e. The summed E-state index contributed by atoms with van der Waals surface area (Å²) in [4.78, 5) is 0.322. The molecule has 0 N–H and O–H groups in total. The summed E-state index contributed by atoms with van der Waals surface area (Å²) in [5, 5.41) is 0. The minimum atomic E-state index is -3.30. The average Bonchev–Trinajstić information content (AvgIpc) is 2.87. The molecular weight excluding hydrogens is 208 g/mol. The number of alkyl halides is 1. The van der Waals surface area contributed by atoms with Crippen LogP contribution in [0.25, 0.3) is 0 Å². The Morgan fingerprint density at radius 1 is 1.15 bits per heavy atom. The molecule has 0 bridgehead atoms. The molecule has 1 aliphatic rings. The van der Waals surface area contributed by atoms with Crippen molar-refractivity contribution in [3.8, 4) is 0 Å². The van der Waals surface area contributed by atoms with Crippen LogP contribution >= 0.6 is 11.6 Å². The molecule has 70 valence electrons. The second-order valence-electron chi connectivity index (χ2n) is 3.20. The minimum absolute atomic E-state index is 0.322. The second-order valence-corrected chi connectivity index (χ2v) is 6.41. The molecule has 2 rings (SSSR count). The van der Waals surface area contributed by atoms with Crippen LogP contribution in [0.4, 0.5) is 0 Å². The van der Waals surface area contributed by atoms with E-state index in [1.807, 2.05) is 0 Å². The van der Waals surface area contributed by atoms with Crippen molar-refractivity contribution in [3.63, 3.8) is 0 Å². The van der Waals surface area contributed by atoms with E-state index in [1.165, 1.54) is 0 Å². The maximum atomic E-state index is 11.8. The number of hydrogen-bond donors (Lipinski definition) is 0. The third kappa shape index (κ3) is 1.36. The van der Waals surface area contributed by atoms with Crippen molar-refractivity contribution < 1.29 is 8.42 Å². The lowest BCUT2D eigenvalue weighted by molar-refractivity contribution is 0.591. The van der Waals surface area contributed by atoms with E-state index in [4.69, 9.17) is 11.6 Å². The molecule has 1 aromatic carbocycles. The van der Waals surface area contributed by atoms with Gasteiger partial charge in [0, 0.05) is 0 Å². The number of sulfone groups is 1. The fourth-order valence-corrected chi connectivity index (χ4v) is 3.12. The van der Waals surface area contributed by atoms with Crippen molar-refractivity contribution in [2.45, 2.75) is 21.9 Å². The molecule has 4 heteroatoms. The van der Waals surface area contributed by atoms with Crippen LogP contribution in [0.5, 0.6) is 0 Å². The van der Waals surface area contributed by atoms with Gasteiger partial charge in [0.25, 0.3) is 0 Å². The molecule has 13 heavy (non-hydrogen) atoms. The van der Waals surface area contributed by atoms with E-state index >= 15 is 0 Å². The van der Waals surface area contributed by atoms with Crippen molar-refractivity contribution >= 4 is 21.4 Å². The topological polar surface area (TPSA) is 34.1 Å². The molecular formula is C9H9ClO2S. The largest absolute Gasteiger partial charge is 0.222 e. The van der Waals surface area contributed by atoms with Crippen LogP contribution in [-0.2, 0) is 9.84 Å². The zero-order valence-corrected chi connectivity index (χ0v) is 8.48. The van der Waals surface area contributed by atoms with Gasteiger partial charge in [-0.3, -0.25) is 0 Å².